The molecular weight excluding hydrogens is 329 g/mol. The maximum atomic E-state index is 13.0. The number of nitrogens with two attached hydrogens (primary N) is 1. The van der Waals surface area contributed by atoms with E-state index in [1.54, 1.807) is 6.07 Å². The largest absolute Gasteiger partial charge is 0.489 e. The summed E-state index contributed by atoms with van der Waals surface area (Å²) in [6.45, 7) is 0.263. The Bertz CT molecular complexity index is 780. The van der Waals surface area contributed by atoms with Crippen molar-refractivity contribution in [3.05, 3.63) is 48.5 Å². The van der Waals surface area contributed by atoms with Crippen LogP contribution in [-0.2, 0) is 9.57 Å². The van der Waals surface area contributed by atoms with Crippen LogP contribution < -0.4 is 10.5 Å². The Morgan fingerprint density at radius 1 is 1.32 bits per heavy atom. The zero-order valence-electron chi connectivity index (χ0n) is 13.2. The van der Waals surface area contributed by atoms with Crippen molar-refractivity contribution >= 4 is 11.8 Å². The van der Waals surface area contributed by atoms with Crippen LogP contribution in [0, 0.1) is 5.95 Å². The van der Waals surface area contributed by atoms with Crippen LogP contribution in [-0.4, -0.2) is 36.1 Å². The molecule has 0 aliphatic carbocycles. The number of carbonyl (C=O) groups excluding carboxylic acids is 1. The molecule has 1 atom stereocenters. The molecular formula is C17H16FN3O4. The van der Waals surface area contributed by atoms with Crippen molar-refractivity contribution < 1.29 is 23.5 Å². The number of oxime groups is 1. The predicted octanol–water partition coefficient (Wildman–Crippen LogP) is 2.51. The SMILES string of the molecule is NC(=O)OCC1=NOC(COc2ccccc2-c2ccc(F)nc2)C1. The zero-order chi connectivity index (χ0) is 17.6. The Balaban J connectivity index is 1.60. The maximum Gasteiger partial charge on any atom is 0.404 e. The van der Waals surface area contributed by atoms with Gasteiger partial charge in [0, 0.05) is 23.7 Å². The Morgan fingerprint density at radius 2 is 2.16 bits per heavy atom. The van der Waals surface area contributed by atoms with E-state index in [1.807, 2.05) is 24.3 Å². The molecule has 8 heteroatoms. The van der Waals surface area contributed by atoms with E-state index < -0.39 is 12.0 Å². The minimum Gasteiger partial charge on any atom is -0.489 e. The molecule has 0 radical (unpaired) electrons. The Hall–Kier alpha value is -3.16. The molecule has 7 nitrogen and oxygen atoms in total. The van der Waals surface area contributed by atoms with Gasteiger partial charge in [0.2, 0.25) is 5.95 Å². The number of ether oxygens (including phenoxy) is 2. The predicted molar refractivity (Wildman–Crippen MR) is 87.6 cm³/mol. The summed E-state index contributed by atoms with van der Waals surface area (Å²) in [5, 5.41) is 3.84. The number of hydrogen-bond acceptors (Lipinski definition) is 6. The van der Waals surface area contributed by atoms with E-state index in [9.17, 15) is 9.18 Å². The van der Waals surface area contributed by atoms with Gasteiger partial charge in [-0.1, -0.05) is 23.4 Å². The van der Waals surface area contributed by atoms with Gasteiger partial charge in [0.25, 0.3) is 0 Å². The van der Waals surface area contributed by atoms with Crippen LogP contribution in [0.3, 0.4) is 0 Å². The number of halogens is 1. The summed E-state index contributed by atoms with van der Waals surface area (Å²) in [5.74, 6) is 0.0886. The molecule has 2 N–H and O–H groups in total. The summed E-state index contributed by atoms with van der Waals surface area (Å²) < 4.78 is 23.5. The fraction of sp³-hybridized carbons (Fsp3) is 0.235. The fourth-order valence-electron chi connectivity index (χ4n) is 2.36. The second-order valence-electron chi connectivity index (χ2n) is 5.37. The third-order valence-electron chi connectivity index (χ3n) is 3.53. The standard InChI is InChI=1S/C17H16FN3O4/c18-16-6-5-11(8-20-16)14-3-1-2-4-15(14)23-10-13-7-12(21-25-13)9-24-17(19)22/h1-6,8,13H,7,9-10H2,(H2,19,22). The number of rotatable bonds is 6. The van der Waals surface area contributed by atoms with E-state index in [-0.39, 0.29) is 19.3 Å². The van der Waals surface area contributed by atoms with Gasteiger partial charge in [0.15, 0.2) is 6.10 Å². The highest BCUT2D eigenvalue weighted by atomic mass is 19.1. The number of amides is 1. The summed E-state index contributed by atoms with van der Waals surface area (Å²) in [6.07, 6.45) is 0.787. The molecule has 1 unspecified atom stereocenters. The monoisotopic (exact) mass is 345 g/mol. The minimum atomic E-state index is -0.857. The highest BCUT2D eigenvalue weighted by Gasteiger charge is 2.23. The summed E-state index contributed by atoms with van der Waals surface area (Å²) in [6, 6.07) is 10.3. The van der Waals surface area contributed by atoms with E-state index in [1.165, 1.54) is 12.3 Å². The molecule has 0 saturated carbocycles. The van der Waals surface area contributed by atoms with Gasteiger partial charge in [-0.3, -0.25) is 0 Å². The molecule has 130 valence electrons. The fourth-order valence-corrected chi connectivity index (χ4v) is 2.36. The molecule has 2 heterocycles. The van der Waals surface area contributed by atoms with Gasteiger partial charge in [0.05, 0.1) is 5.71 Å². The van der Waals surface area contributed by atoms with Crippen LogP contribution in [0.2, 0.25) is 0 Å². The molecule has 1 aromatic carbocycles. The van der Waals surface area contributed by atoms with Crippen LogP contribution in [0.5, 0.6) is 5.75 Å². The van der Waals surface area contributed by atoms with Crippen LogP contribution in [0.25, 0.3) is 11.1 Å². The lowest BCUT2D eigenvalue weighted by atomic mass is 10.1. The Kier molecular flexibility index (Phi) is 5.08. The molecule has 0 saturated heterocycles. The first-order valence-electron chi connectivity index (χ1n) is 7.59. The number of benzene rings is 1. The maximum absolute atomic E-state index is 13.0. The van der Waals surface area contributed by atoms with Gasteiger partial charge < -0.3 is 20.0 Å². The van der Waals surface area contributed by atoms with Crippen molar-refractivity contribution in [3.8, 4) is 16.9 Å². The van der Waals surface area contributed by atoms with Crippen LogP contribution in [0.1, 0.15) is 6.42 Å². The van der Waals surface area contributed by atoms with E-state index >= 15 is 0 Å². The molecule has 0 fully saturated rings. The number of nitrogens with zero attached hydrogens (tertiary/aromatic N) is 2. The topological polar surface area (TPSA) is 96.0 Å². The van der Waals surface area contributed by atoms with E-state index in [4.69, 9.17) is 15.3 Å². The molecule has 0 spiro atoms. The first-order chi connectivity index (χ1) is 12.1. The summed E-state index contributed by atoms with van der Waals surface area (Å²) in [4.78, 5) is 19.5. The summed E-state index contributed by atoms with van der Waals surface area (Å²) in [7, 11) is 0. The molecule has 25 heavy (non-hydrogen) atoms. The number of hydrogen-bond donors (Lipinski definition) is 1. The van der Waals surface area contributed by atoms with Gasteiger partial charge >= 0.3 is 6.09 Å². The highest BCUT2D eigenvalue weighted by molar-refractivity contribution is 5.88. The van der Waals surface area contributed by atoms with Gasteiger partial charge in [-0.15, -0.1) is 0 Å². The van der Waals surface area contributed by atoms with Gasteiger partial charge in [0.1, 0.15) is 19.0 Å². The van der Waals surface area contributed by atoms with E-state index in [0.717, 1.165) is 11.1 Å². The number of aromatic nitrogens is 1. The Morgan fingerprint density at radius 3 is 2.92 bits per heavy atom. The van der Waals surface area contributed by atoms with E-state index in [0.29, 0.717) is 17.9 Å². The highest BCUT2D eigenvalue weighted by Crippen LogP contribution is 2.29. The molecule has 0 bridgehead atoms. The van der Waals surface area contributed by atoms with Crippen molar-refractivity contribution in [1.82, 2.24) is 4.98 Å². The van der Waals surface area contributed by atoms with Crippen molar-refractivity contribution in [2.24, 2.45) is 10.9 Å². The third-order valence-corrected chi connectivity index (χ3v) is 3.53. The first-order valence-corrected chi connectivity index (χ1v) is 7.59. The normalized spacial score (nSPS) is 16.0. The van der Waals surface area contributed by atoms with Crippen LogP contribution in [0.4, 0.5) is 9.18 Å². The quantitative estimate of drug-likeness (QED) is 0.812. The second kappa shape index (κ2) is 7.61. The van der Waals surface area contributed by atoms with Gasteiger partial charge in [-0.2, -0.15) is 4.39 Å². The van der Waals surface area contributed by atoms with Crippen LogP contribution >= 0.6 is 0 Å². The lowest BCUT2D eigenvalue weighted by molar-refractivity contribution is 0.0472. The van der Waals surface area contributed by atoms with Gasteiger partial charge in [-0.05, 0) is 18.2 Å². The average molecular weight is 345 g/mol. The lowest BCUT2D eigenvalue weighted by Gasteiger charge is -2.14. The first kappa shape index (κ1) is 16.7. The van der Waals surface area contributed by atoms with Gasteiger partial charge in [-0.25, -0.2) is 9.78 Å². The molecule has 1 aromatic heterocycles. The number of para-hydroxylation sites is 1. The summed E-state index contributed by atoms with van der Waals surface area (Å²) >= 11 is 0. The Labute approximate surface area is 143 Å². The molecule has 2 aromatic rings. The third kappa shape index (κ3) is 4.43. The van der Waals surface area contributed by atoms with Crippen molar-refractivity contribution in [1.29, 1.82) is 0 Å². The zero-order valence-corrected chi connectivity index (χ0v) is 13.2. The minimum absolute atomic E-state index is 0.00364. The number of carbonyl (C=O) groups is 1. The van der Waals surface area contributed by atoms with E-state index in [2.05, 4.69) is 14.9 Å². The average Bonchev–Trinajstić information content (AvgIpc) is 3.07. The molecule has 3 rings (SSSR count). The number of pyridine rings is 1. The number of primary amides is 1. The lowest BCUT2D eigenvalue weighted by Crippen LogP contribution is -2.21. The second-order valence-corrected chi connectivity index (χ2v) is 5.37. The smallest absolute Gasteiger partial charge is 0.404 e. The molecule has 1 aliphatic rings. The molecule has 1 amide bonds. The van der Waals surface area contributed by atoms with Crippen molar-refractivity contribution in [2.45, 2.75) is 12.5 Å². The van der Waals surface area contributed by atoms with Crippen molar-refractivity contribution in [2.75, 3.05) is 13.2 Å². The molecule has 1 aliphatic heterocycles. The van der Waals surface area contributed by atoms with Crippen molar-refractivity contribution in [3.63, 3.8) is 0 Å². The van der Waals surface area contributed by atoms with Crippen LogP contribution in [0.15, 0.2) is 47.8 Å². The summed E-state index contributed by atoms with van der Waals surface area (Å²) in [5.41, 5.74) is 7.04.